The van der Waals surface area contributed by atoms with Gasteiger partial charge in [0.05, 0.1) is 16.4 Å². The molecule has 1 unspecified atom stereocenters. The lowest BCUT2D eigenvalue weighted by Crippen LogP contribution is -2.34. The summed E-state index contributed by atoms with van der Waals surface area (Å²) in [6, 6.07) is 5.14. The second-order valence-electron chi connectivity index (χ2n) is 5.45. The Kier molecular flexibility index (Phi) is 5.12. The number of benzene rings is 1. The van der Waals surface area contributed by atoms with Crippen molar-refractivity contribution >= 4 is 40.1 Å². The smallest absolute Gasteiger partial charge is 0.242 e. The number of para-hydroxylation sites is 1. The third kappa shape index (κ3) is 3.33. The van der Waals surface area contributed by atoms with Crippen LogP contribution in [0.5, 0.6) is 0 Å². The summed E-state index contributed by atoms with van der Waals surface area (Å²) in [5, 5.41) is 3.50. The van der Waals surface area contributed by atoms with Gasteiger partial charge in [-0.15, -0.1) is 11.6 Å². The molecule has 2 aromatic rings. The van der Waals surface area contributed by atoms with Gasteiger partial charge in [0.15, 0.2) is 0 Å². The summed E-state index contributed by atoms with van der Waals surface area (Å²) in [5.41, 5.74) is 1.50. The molecule has 1 amide bonds. The summed E-state index contributed by atoms with van der Waals surface area (Å²) in [5.74, 6) is 1.23. The Bertz CT molecular complexity index is 652. The highest BCUT2D eigenvalue weighted by Crippen LogP contribution is 2.27. The third-order valence-electron chi connectivity index (χ3n) is 3.31. The molecule has 0 aliphatic carbocycles. The van der Waals surface area contributed by atoms with Crippen LogP contribution < -0.4 is 5.32 Å². The summed E-state index contributed by atoms with van der Waals surface area (Å²) < 4.78 is 1.85. The zero-order valence-electron chi connectivity index (χ0n) is 12.4. The van der Waals surface area contributed by atoms with E-state index in [-0.39, 0.29) is 17.8 Å². The minimum atomic E-state index is -0.388. The van der Waals surface area contributed by atoms with Crippen molar-refractivity contribution in [3.63, 3.8) is 0 Å². The monoisotopic (exact) mass is 327 g/mol. The molecule has 0 radical (unpaired) electrons. The van der Waals surface area contributed by atoms with Crippen LogP contribution in [0.4, 0.5) is 0 Å². The number of halogens is 2. The molecular weight excluding hydrogens is 309 g/mol. The minimum Gasteiger partial charge on any atom is -0.354 e. The van der Waals surface area contributed by atoms with Gasteiger partial charge in [0.1, 0.15) is 17.4 Å². The van der Waals surface area contributed by atoms with Crippen LogP contribution in [0.3, 0.4) is 0 Å². The van der Waals surface area contributed by atoms with Crippen molar-refractivity contribution in [2.24, 2.45) is 5.92 Å². The number of carbonyl (C=O) groups excluding carboxylic acids is 1. The maximum absolute atomic E-state index is 12.3. The van der Waals surface area contributed by atoms with Crippen molar-refractivity contribution < 1.29 is 4.79 Å². The highest BCUT2D eigenvalue weighted by Gasteiger charge is 2.21. The summed E-state index contributed by atoms with van der Waals surface area (Å²) in [7, 11) is 0. The normalized spacial score (nSPS) is 12.9. The fraction of sp³-hybridized carbons (Fsp3) is 0.467. The SMILES string of the molecule is CC(C)CNC(=O)C(C)n1c(CCl)nc2c(Cl)cccc21. The molecule has 1 atom stereocenters. The molecule has 21 heavy (non-hydrogen) atoms. The topological polar surface area (TPSA) is 46.9 Å². The van der Waals surface area contributed by atoms with Gasteiger partial charge in [0, 0.05) is 6.54 Å². The molecule has 6 heteroatoms. The molecule has 1 aromatic heterocycles. The van der Waals surface area contributed by atoms with Crippen LogP contribution in [0, 0.1) is 5.92 Å². The van der Waals surface area contributed by atoms with E-state index in [0.29, 0.717) is 28.8 Å². The average Bonchev–Trinajstić information content (AvgIpc) is 2.83. The maximum atomic E-state index is 12.3. The first-order valence-electron chi connectivity index (χ1n) is 6.94. The van der Waals surface area contributed by atoms with Crippen molar-refractivity contribution in [3.8, 4) is 0 Å². The standard InChI is InChI=1S/C15H19Cl2N3O/c1-9(2)8-18-15(21)10(3)20-12-6-4-5-11(17)14(12)19-13(20)7-16/h4-6,9-10H,7-8H2,1-3H3,(H,18,21). The molecule has 1 heterocycles. The van der Waals surface area contributed by atoms with Crippen LogP contribution in [0.1, 0.15) is 32.6 Å². The number of hydrogen-bond donors (Lipinski definition) is 1. The first-order valence-corrected chi connectivity index (χ1v) is 7.86. The van der Waals surface area contributed by atoms with Crippen molar-refractivity contribution in [1.29, 1.82) is 0 Å². The number of fused-ring (bicyclic) bond motifs is 1. The number of hydrogen-bond acceptors (Lipinski definition) is 2. The first kappa shape index (κ1) is 16.1. The van der Waals surface area contributed by atoms with E-state index in [1.54, 1.807) is 6.07 Å². The zero-order chi connectivity index (χ0) is 15.6. The lowest BCUT2D eigenvalue weighted by atomic mass is 10.2. The molecule has 0 aliphatic heterocycles. The van der Waals surface area contributed by atoms with Crippen molar-refractivity contribution in [2.45, 2.75) is 32.7 Å². The number of nitrogens with zero attached hydrogens (tertiary/aromatic N) is 2. The van der Waals surface area contributed by atoms with Crippen LogP contribution in [0.2, 0.25) is 5.02 Å². The molecule has 0 saturated heterocycles. The first-order chi connectivity index (χ1) is 9.95. The van der Waals surface area contributed by atoms with Gasteiger partial charge < -0.3 is 9.88 Å². The lowest BCUT2D eigenvalue weighted by Gasteiger charge is -2.17. The van der Waals surface area contributed by atoms with Gasteiger partial charge in [-0.1, -0.05) is 31.5 Å². The Morgan fingerprint density at radius 3 is 2.71 bits per heavy atom. The van der Waals surface area contributed by atoms with Gasteiger partial charge in [0.2, 0.25) is 5.91 Å². The molecule has 2 rings (SSSR count). The number of imidazole rings is 1. The summed E-state index contributed by atoms with van der Waals surface area (Å²) in [6.45, 7) is 6.60. The molecule has 0 spiro atoms. The fourth-order valence-corrected chi connectivity index (χ4v) is 2.63. The van der Waals surface area contributed by atoms with Crippen LogP contribution in [0.25, 0.3) is 11.0 Å². The van der Waals surface area contributed by atoms with Crippen LogP contribution in [-0.4, -0.2) is 22.0 Å². The van der Waals surface area contributed by atoms with E-state index in [0.717, 1.165) is 5.52 Å². The molecule has 1 N–H and O–H groups in total. The Labute approximate surface area is 134 Å². The van der Waals surface area contributed by atoms with E-state index < -0.39 is 0 Å². The van der Waals surface area contributed by atoms with Crippen molar-refractivity contribution in [1.82, 2.24) is 14.9 Å². The number of aromatic nitrogens is 2. The highest BCUT2D eigenvalue weighted by atomic mass is 35.5. The largest absolute Gasteiger partial charge is 0.354 e. The van der Waals surface area contributed by atoms with Gasteiger partial charge in [0.25, 0.3) is 0 Å². The number of rotatable bonds is 5. The third-order valence-corrected chi connectivity index (χ3v) is 3.86. The molecule has 114 valence electrons. The van der Waals surface area contributed by atoms with E-state index >= 15 is 0 Å². The summed E-state index contributed by atoms with van der Waals surface area (Å²) >= 11 is 12.1. The van der Waals surface area contributed by atoms with Gasteiger partial charge in [-0.25, -0.2) is 4.98 Å². The molecule has 0 saturated carbocycles. The van der Waals surface area contributed by atoms with E-state index in [4.69, 9.17) is 23.2 Å². The number of alkyl halides is 1. The zero-order valence-corrected chi connectivity index (χ0v) is 13.9. The average molecular weight is 328 g/mol. The highest BCUT2D eigenvalue weighted by molar-refractivity contribution is 6.35. The van der Waals surface area contributed by atoms with Crippen LogP contribution in [0.15, 0.2) is 18.2 Å². The Hall–Kier alpha value is -1.26. The summed E-state index contributed by atoms with van der Waals surface area (Å²) in [4.78, 5) is 16.8. The van der Waals surface area contributed by atoms with E-state index in [9.17, 15) is 4.79 Å². The van der Waals surface area contributed by atoms with Gasteiger partial charge in [-0.2, -0.15) is 0 Å². The van der Waals surface area contributed by atoms with E-state index in [2.05, 4.69) is 24.1 Å². The van der Waals surface area contributed by atoms with Crippen LogP contribution in [-0.2, 0) is 10.7 Å². The van der Waals surface area contributed by atoms with Gasteiger partial charge in [-0.3, -0.25) is 4.79 Å². The Balaban J connectivity index is 2.40. The van der Waals surface area contributed by atoms with Gasteiger partial charge >= 0.3 is 0 Å². The Morgan fingerprint density at radius 2 is 2.10 bits per heavy atom. The lowest BCUT2D eigenvalue weighted by molar-refractivity contribution is -0.124. The molecular formula is C15H19Cl2N3O. The minimum absolute atomic E-state index is 0.0469. The Morgan fingerprint density at radius 1 is 1.38 bits per heavy atom. The maximum Gasteiger partial charge on any atom is 0.242 e. The number of nitrogens with one attached hydrogen (secondary N) is 1. The fourth-order valence-electron chi connectivity index (χ4n) is 2.23. The molecule has 1 aromatic carbocycles. The summed E-state index contributed by atoms with van der Waals surface area (Å²) in [6.07, 6.45) is 0. The predicted molar refractivity (Wildman–Crippen MR) is 86.9 cm³/mol. The predicted octanol–water partition coefficient (Wildman–Crippen LogP) is 3.76. The second kappa shape index (κ2) is 6.67. The molecule has 4 nitrogen and oxygen atoms in total. The quantitative estimate of drug-likeness (QED) is 0.850. The van der Waals surface area contributed by atoms with E-state index in [1.165, 1.54) is 0 Å². The van der Waals surface area contributed by atoms with Crippen LogP contribution >= 0.6 is 23.2 Å². The van der Waals surface area contributed by atoms with Gasteiger partial charge in [-0.05, 0) is 25.0 Å². The number of amides is 1. The second-order valence-corrected chi connectivity index (χ2v) is 6.13. The molecule has 0 fully saturated rings. The van der Waals surface area contributed by atoms with E-state index in [1.807, 2.05) is 23.6 Å². The molecule has 0 bridgehead atoms. The van der Waals surface area contributed by atoms with Crippen molar-refractivity contribution in [2.75, 3.05) is 6.54 Å². The number of carbonyl (C=O) groups is 1. The molecule has 0 aliphatic rings. The van der Waals surface area contributed by atoms with Crippen molar-refractivity contribution in [3.05, 3.63) is 29.0 Å².